The summed E-state index contributed by atoms with van der Waals surface area (Å²) in [5.74, 6) is 1.32. The van der Waals surface area contributed by atoms with Crippen molar-refractivity contribution in [2.24, 2.45) is 0 Å². The van der Waals surface area contributed by atoms with Crippen LogP contribution in [0.3, 0.4) is 0 Å². The van der Waals surface area contributed by atoms with Gasteiger partial charge in [0.1, 0.15) is 11.6 Å². The van der Waals surface area contributed by atoms with Gasteiger partial charge in [-0.15, -0.1) is 0 Å². The van der Waals surface area contributed by atoms with Crippen molar-refractivity contribution in [1.29, 1.82) is 0 Å². The number of thiophene rings is 1. The van der Waals surface area contributed by atoms with Crippen molar-refractivity contribution in [2.75, 3.05) is 25.4 Å². The molecule has 5 nitrogen and oxygen atoms in total. The number of para-hydroxylation sites is 1. The van der Waals surface area contributed by atoms with Crippen LogP contribution in [-0.4, -0.2) is 34.6 Å². The number of morpholine rings is 1. The first-order valence-electron chi connectivity index (χ1n) is 7.67. The number of nitrogens with zero attached hydrogens (tertiary/aromatic N) is 3. The molecule has 3 heterocycles. The SMILES string of the molecule is Nc1nc(CN2CCOC(c3ccsc3)C2)nc2ccccc12. The van der Waals surface area contributed by atoms with Gasteiger partial charge in [0.05, 0.1) is 24.8 Å². The first-order chi connectivity index (χ1) is 11.3. The van der Waals surface area contributed by atoms with E-state index in [-0.39, 0.29) is 6.10 Å². The minimum atomic E-state index is 0.132. The predicted octanol–water partition coefficient (Wildman–Crippen LogP) is 2.85. The Bertz CT molecular complexity index is 805. The lowest BCUT2D eigenvalue weighted by atomic mass is 10.1. The van der Waals surface area contributed by atoms with E-state index in [0.717, 1.165) is 36.4 Å². The molecule has 1 fully saturated rings. The zero-order valence-electron chi connectivity index (χ0n) is 12.7. The summed E-state index contributed by atoms with van der Waals surface area (Å²) in [6.07, 6.45) is 0.132. The van der Waals surface area contributed by atoms with E-state index in [1.165, 1.54) is 5.56 Å². The summed E-state index contributed by atoms with van der Waals surface area (Å²) in [6, 6.07) is 9.98. The molecule has 0 saturated carbocycles. The van der Waals surface area contributed by atoms with Crippen LogP contribution in [0.15, 0.2) is 41.1 Å². The first kappa shape index (κ1) is 14.6. The average molecular weight is 326 g/mol. The van der Waals surface area contributed by atoms with Crippen LogP contribution in [0.2, 0.25) is 0 Å². The number of hydrogen-bond donors (Lipinski definition) is 1. The first-order valence-corrected chi connectivity index (χ1v) is 8.61. The smallest absolute Gasteiger partial charge is 0.145 e. The molecule has 118 valence electrons. The third-order valence-electron chi connectivity index (χ3n) is 4.11. The lowest BCUT2D eigenvalue weighted by Gasteiger charge is -2.32. The van der Waals surface area contributed by atoms with Crippen molar-refractivity contribution in [1.82, 2.24) is 14.9 Å². The molecule has 1 aliphatic heterocycles. The second kappa shape index (κ2) is 6.23. The lowest BCUT2D eigenvalue weighted by molar-refractivity contribution is -0.0334. The van der Waals surface area contributed by atoms with E-state index in [9.17, 15) is 0 Å². The fourth-order valence-corrected chi connectivity index (χ4v) is 3.63. The second-order valence-electron chi connectivity index (χ2n) is 5.69. The van der Waals surface area contributed by atoms with E-state index >= 15 is 0 Å². The average Bonchev–Trinajstić information content (AvgIpc) is 3.10. The van der Waals surface area contributed by atoms with E-state index in [4.69, 9.17) is 10.5 Å². The quantitative estimate of drug-likeness (QED) is 0.802. The monoisotopic (exact) mass is 326 g/mol. The standard InChI is InChI=1S/C17H18N4OS/c18-17-13-3-1-2-4-14(13)19-16(20-17)10-21-6-7-22-15(9-21)12-5-8-23-11-12/h1-5,8,11,15H,6-7,9-10H2,(H2,18,19,20). The molecule has 0 amide bonds. The van der Waals surface area contributed by atoms with Crippen molar-refractivity contribution in [2.45, 2.75) is 12.6 Å². The molecule has 1 aromatic carbocycles. The Morgan fingerprint density at radius 1 is 1.26 bits per heavy atom. The number of nitrogens with two attached hydrogens (primary N) is 1. The van der Waals surface area contributed by atoms with Crippen LogP contribution in [0.1, 0.15) is 17.5 Å². The molecule has 1 aliphatic rings. The van der Waals surface area contributed by atoms with Crippen LogP contribution < -0.4 is 5.73 Å². The highest BCUT2D eigenvalue weighted by atomic mass is 32.1. The van der Waals surface area contributed by atoms with E-state index in [2.05, 4.69) is 31.7 Å². The number of fused-ring (bicyclic) bond motifs is 1. The molecule has 0 radical (unpaired) electrons. The Morgan fingerprint density at radius 3 is 3.04 bits per heavy atom. The number of hydrogen-bond acceptors (Lipinski definition) is 6. The minimum absolute atomic E-state index is 0.132. The molecular weight excluding hydrogens is 308 g/mol. The Kier molecular flexibility index (Phi) is 3.95. The number of rotatable bonds is 3. The fourth-order valence-electron chi connectivity index (χ4n) is 2.93. The predicted molar refractivity (Wildman–Crippen MR) is 92.2 cm³/mol. The van der Waals surface area contributed by atoms with E-state index in [0.29, 0.717) is 12.4 Å². The Hall–Kier alpha value is -2.02. The number of ether oxygens (including phenoxy) is 1. The van der Waals surface area contributed by atoms with Gasteiger partial charge in [-0.2, -0.15) is 11.3 Å². The maximum atomic E-state index is 6.07. The Morgan fingerprint density at radius 2 is 2.17 bits per heavy atom. The summed E-state index contributed by atoms with van der Waals surface area (Å²) in [6.45, 7) is 3.16. The van der Waals surface area contributed by atoms with Gasteiger partial charge in [0, 0.05) is 18.5 Å². The number of aromatic nitrogens is 2. The van der Waals surface area contributed by atoms with Crippen LogP contribution >= 0.6 is 11.3 Å². The van der Waals surface area contributed by atoms with Gasteiger partial charge in [0.25, 0.3) is 0 Å². The third kappa shape index (κ3) is 3.06. The van der Waals surface area contributed by atoms with Crippen LogP contribution in [0, 0.1) is 0 Å². The zero-order valence-corrected chi connectivity index (χ0v) is 13.5. The van der Waals surface area contributed by atoms with Gasteiger partial charge in [-0.3, -0.25) is 4.90 Å². The van der Waals surface area contributed by atoms with Gasteiger partial charge in [-0.25, -0.2) is 9.97 Å². The van der Waals surface area contributed by atoms with Crippen molar-refractivity contribution in [3.63, 3.8) is 0 Å². The highest BCUT2D eigenvalue weighted by molar-refractivity contribution is 7.07. The highest BCUT2D eigenvalue weighted by Crippen LogP contribution is 2.25. The van der Waals surface area contributed by atoms with Crippen LogP contribution in [-0.2, 0) is 11.3 Å². The van der Waals surface area contributed by atoms with E-state index in [1.807, 2.05) is 24.3 Å². The maximum absolute atomic E-state index is 6.07. The minimum Gasteiger partial charge on any atom is -0.383 e. The molecule has 1 unspecified atom stereocenters. The van der Waals surface area contributed by atoms with E-state index in [1.54, 1.807) is 11.3 Å². The number of anilines is 1. The van der Waals surface area contributed by atoms with Crippen molar-refractivity contribution < 1.29 is 4.74 Å². The molecule has 1 atom stereocenters. The van der Waals surface area contributed by atoms with Gasteiger partial charge in [-0.1, -0.05) is 12.1 Å². The summed E-state index contributed by atoms with van der Waals surface area (Å²) in [4.78, 5) is 11.4. The van der Waals surface area contributed by atoms with Gasteiger partial charge >= 0.3 is 0 Å². The zero-order chi connectivity index (χ0) is 15.6. The summed E-state index contributed by atoms with van der Waals surface area (Å²) in [5, 5.41) is 5.15. The van der Waals surface area contributed by atoms with E-state index < -0.39 is 0 Å². The molecule has 4 rings (SSSR count). The highest BCUT2D eigenvalue weighted by Gasteiger charge is 2.23. The second-order valence-corrected chi connectivity index (χ2v) is 6.47. The third-order valence-corrected chi connectivity index (χ3v) is 4.81. The van der Waals surface area contributed by atoms with Crippen LogP contribution in [0.5, 0.6) is 0 Å². The Labute approximate surface area is 138 Å². The van der Waals surface area contributed by atoms with Crippen LogP contribution in [0.4, 0.5) is 5.82 Å². The Balaban J connectivity index is 1.53. The van der Waals surface area contributed by atoms with Gasteiger partial charge in [0.15, 0.2) is 0 Å². The molecule has 3 aromatic rings. The van der Waals surface area contributed by atoms with Gasteiger partial charge < -0.3 is 10.5 Å². The molecule has 0 bridgehead atoms. The fraction of sp³-hybridized carbons (Fsp3) is 0.294. The van der Waals surface area contributed by atoms with Crippen LogP contribution in [0.25, 0.3) is 10.9 Å². The van der Waals surface area contributed by atoms with Gasteiger partial charge in [-0.05, 0) is 34.5 Å². The summed E-state index contributed by atoms with van der Waals surface area (Å²) < 4.78 is 5.88. The van der Waals surface area contributed by atoms with Crippen molar-refractivity contribution >= 4 is 28.1 Å². The number of benzene rings is 1. The molecular formula is C17H18N4OS. The van der Waals surface area contributed by atoms with Gasteiger partial charge in [0.2, 0.25) is 0 Å². The summed E-state index contributed by atoms with van der Waals surface area (Å²) in [7, 11) is 0. The molecule has 23 heavy (non-hydrogen) atoms. The molecule has 0 spiro atoms. The molecule has 2 aromatic heterocycles. The summed E-state index contributed by atoms with van der Waals surface area (Å²) >= 11 is 1.70. The number of nitrogen functional groups attached to an aromatic ring is 1. The molecule has 6 heteroatoms. The topological polar surface area (TPSA) is 64.3 Å². The molecule has 0 aliphatic carbocycles. The normalized spacial score (nSPS) is 19.2. The lowest BCUT2D eigenvalue weighted by Crippen LogP contribution is -2.38. The van der Waals surface area contributed by atoms with Crippen molar-refractivity contribution in [3.8, 4) is 0 Å². The molecule has 1 saturated heterocycles. The maximum Gasteiger partial charge on any atom is 0.145 e. The largest absolute Gasteiger partial charge is 0.383 e. The summed E-state index contributed by atoms with van der Waals surface area (Å²) in [5.41, 5.74) is 8.22. The molecule has 2 N–H and O–H groups in total. The van der Waals surface area contributed by atoms with Crippen molar-refractivity contribution in [3.05, 3.63) is 52.5 Å².